The van der Waals surface area contributed by atoms with Crippen molar-refractivity contribution in [2.75, 3.05) is 6.66 Å². The number of allylic oxidation sites excluding steroid dienone is 2. The van der Waals surface area contributed by atoms with Crippen molar-refractivity contribution < 1.29 is 4.89 Å². The van der Waals surface area contributed by atoms with E-state index in [1.807, 2.05) is 30.5 Å². The molecule has 7 heavy (non-hydrogen) atoms. The van der Waals surface area contributed by atoms with Crippen LogP contribution in [0.5, 0.6) is 0 Å². The van der Waals surface area contributed by atoms with Crippen molar-refractivity contribution in [3.05, 3.63) is 23.8 Å². The van der Waals surface area contributed by atoms with E-state index in [0.29, 0.717) is 0 Å². The van der Waals surface area contributed by atoms with Crippen LogP contribution in [0.15, 0.2) is 23.8 Å². The minimum absolute atomic E-state index is 1.65. The highest BCUT2D eigenvalue weighted by Gasteiger charge is 2.22. The summed E-state index contributed by atoms with van der Waals surface area (Å²) in [5.41, 5.74) is 0. The Morgan fingerprint density at radius 3 is 1.86 bits per heavy atom. The van der Waals surface area contributed by atoms with Crippen LogP contribution in [0.3, 0.4) is 0 Å². The van der Waals surface area contributed by atoms with Crippen LogP contribution in [-0.4, -0.2) is 11.6 Å². The molecule has 0 spiro atoms. The second kappa shape index (κ2) is 1.43. The average Bonchev–Trinajstić information content (AvgIpc) is 1.84. The summed E-state index contributed by atoms with van der Waals surface area (Å²) in [6.45, 7) is 1.85. The van der Waals surface area contributed by atoms with E-state index in [9.17, 15) is 0 Å². The predicted molar refractivity (Wildman–Crippen MR) is 33.3 cm³/mol. The normalized spacial score (nSPS) is 23.7. The molecule has 1 heterocycles. The van der Waals surface area contributed by atoms with Crippen LogP contribution < -0.4 is 0 Å². The van der Waals surface area contributed by atoms with E-state index in [1.165, 1.54) is 0 Å². The average molecular weight is 115 g/mol. The Kier molecular flexibility index (Phi) is 1.02. The van der Waals surface area contributed by atoms with Crippen molar-refractivity contribution in [2.24, 2.45) is 0 Å². The fourth-order valence-corrected chi connectivity index (χ4v) is 1.49. The zero-order valence-corrected chi connectivity index (χ0v) is 5.10. The first-order valence-corrected chi connectivity index (χ1v) is 4.49. The van der Waals surface area contributed by atoms with Crippen LogP contribution >= 0.6 is 7.49 Å². The maximum atomic E-state index is 9.13. The van der Waals surface area contributed by atoms with Crippen molar-refractivity contribution in [1.29, 1.82) is 0 Å². The molecule has 0 atom stereocenters. The lowest BCUT2D eigenvalue weighted by atomic mass is 10.6. The van der Waals surface area contributed by atoms with Gasteiger partial charge in [-0.05, 0) is 12.2 Å². The molecule has 1 aliphatic rings. The van der Waals surface area contributed by atoms with Gasteiger partial charge in [0.15, 0.2) is 7.49 Å². The van der Waals surface area contributed by atoms with Gasteiger partial charge in [0.2, 0.25) is 0 Å². The van der Waals surface area contributed by atoms with Gasteiger partial charge in [-0.1, -0.05) is 0 Å². The van der Waals surface area contributed by atoms with E-state index in [2.05, 4.69) is 0 Å². The smallest absolute Gasteiger partial charge is 0.188 e. The minimum atomic E-state index is -1.65. The molecule has 0 bridgehead atoms. The molecule has 0 aliphatic carbocycles. The molecule has 1 aliphatic heterocycles. The number of hydrogen-bond donors (Lipinski definition) is 1. The summed E-state index contributed by atoms with van der Waals surface area (Å²) in [7, 11) is -1.65. The van der Waals surface area contributed by atoms with Crippen LogP contribution in [0.2, 0.25) is 0 Å². The van der Waals surface area contributed by atoms with Crippen molar-refractivity contribution >= 4 is 7.49 Å². The molecule has 0 fully saturated rings. The van der Waals surface area contributed by atoms with Crippen LogP contribution in [0.25, 0.3) is 0 Å². The highest BCUT2D eigenvalue weighted by molar-refractivity contribution is 7.75. The van der Waals surface area contributed by atoms with Gasteiger partial charge in [-0.15, -0.1) is 0 Å². The first-order chi connectivity index (χ1) is 3.21. The van der Waals surface area contributed by atoms with Crippen LogP contribution in [-0.2, 0) is 0 Å². The monoisotopic (exact) mass is 115 g/mol. The van der Waals surface area contributed by atoms with Crippen molar-refractivity contribution in [3.63, 3.8) is 0 Å². The number of hydrogen-bond acceptors (Lipinski definition) is 1. The predicted octanol–water partition coefficient (Wildman–Crippen LogP) is 1.58. The van der Waals surface area contributed by atoms with E-state index in [0.717, 1.165) is 0 Å². The largest absolute Gasteiger partial charge is 0.242 e. The molecule has 0 aromatic rings. The van der Waals surface area contributed by atoms with Crippen LogP contribution in [0.1, 0.15) is 0 Å². The van der Waals surface area contributed by atoms with Gasteiger partial charge in [0.25, 0.3) is 0 Å². The summed E-state index contributed by atoms with van der Waals surface area (Å²) in [5, 5.41) is 0. The summed E-state index contributed by atoms with van der Waals surface area (Å²) in [6, 6.07) is 0. The van der Waals surface area contributed by atoms with Gasteiger partial charge in [0, 0.05) is 0 Å². The van der Waals surface area contributed by atoms with Crippen LogP contribution in [0, 0.1) is 0 Å². The lowest BCUT2D eigenvalue weighted by Gasteiger charge is -1.95. The summed E-state index contributed by atoms with van der Waals surface area (Å²) < 4.78 is 0. The molecule has 0 saturated heterocycles. The third kappa shape index (κ3) is 1.12. The zero-order chi connectivity index (χ0) is 5.33. The SMILES string of the molecule is C[P+]1(O)C=CC=C1. The Balaban J connectivity index is 2.77. The lowest BCUT2D eigenvalue weighted by molar-refractivity contribution is 0.628. The topological polar surface area (TPSA) is 20.2 Å². The van der Waals surface area contributed by atoms with Gasteiger partial charge in [-0.25, -0.2) is 4.89 Å². The lowest BCUT2D eigenvalue weighted by Crippen LogP contribution is -1.70. The molecule has 1 rings (SSSR count). The van der Waals surface area contributed by atoms with E-state index < -0.39 is 7.49 Å². The van der Waals surface area contributed by atoms with Gasteiger partial charge in [-0.3, -0.25) is 0 Å². The molecular formula is C5H8OP+. The molecule has 0 radical (unpaired) electrons. The quantitative estimate of drug-likeness (QED) is 0.475. The minimum Gasteiger partial charge on any atom is -0.242 e. The summed E-state index contributed by atoms with van der Waals surface area (Å²) >= 11 is 0. The van der Waals surface area contributed by atoms with Gasteiger partial charge >= 0.3 is 0 Å². The Morgan fingerprint density at radius 1 is 1.29 bits per heavy atom. The molecule has 1 nitrogen and oxygen atoms in total. The standard InChI is InChI=1S/C5H8OP/c1-7(6)4-2-3-5-7/h2-6H,1H3/q+1. The molecule has 0 aromatic carbocycles. The summed E-state index contributed by atoms with van der Waals surface area (Å²) in [6.07, 6.45) is 3.77. The maximum absolute atomic E-state index is 9.13. The van der Waals surface area contributed by atoms with E-state index in [4.69, 9.17) is 4.89 Å². The van der Waals surface area contributed by atoms with Crippen LogP contribution in [0.4, 0.5) is 0 Å². The van der Waals surface area contributed by atoms with E-state index in [1.54, 1.807) is 0 Å². The third-order valence-electron chi connectivity index (χ3n) is 0.887. The van der Waals surface area contributed by atoms with Crippen molar-refractivity contribution in [2.45, 2.75) is 0 Å². The fraction of sp³-hybridized carbons (Fsp3) is 0.200. The summed E-state index contributed by atoms with van der Waals surface area (Å²) in [4.78, 5) is 9.13. The molecule has 0 aromatic heterocycles. The first-order valence-electron chi connectivity index (χ1n) is 2.16. The highest BCUT2D eigenvalue weighted by atomic mass is 31.2. The Labute approximate surface area is 43.8 Å². The Morgan fingerprint density at radius 2 is 1.71 bits per heavy atom. The van der Waals surface area contributed by atoms with Gasteiger partial charge in [-0.2, -0.15) is 0 Å². The third-order valence-corrected chi connectivity index (χ3v) is 2.44. The first kappa shape index (κ1) is 5.02. The van der Waals surface area contributed by atoms with Gasteiger partial charge < -0.3 is 0 Å². The Bertz CT molecular complexity index is 110. The molecule has 0 amide bonds. The zero-order valence-electron chi connectivity index (χ0n) is 4.20. The number of rotatable bonds is 0. The second-order valence-corrected chi connectivity index (χ2v) is 4.57. The van der Waals surface area contributed by atoms with Crippen molar-refractivity contribution in [3.8, 4) is 0 Å². The van der Waals surface area contributed by atoms with E-state index in [-0.39, 0.29) is 0 Å². The van der Waals surface area contributed by atoms with E-state index >= 15 is 0 Å². The summed E-state index contributed by atoms with van der Waals surface area (Å²) in [5.74, 6) is 3.71. The second-order valence-electron chi connectivity index (χ2n) is 1.78. The Hall–Kier alpha value is -0.130. The molecule has 38 valence electrons. The highest BCUT2D eigenvalue weighted by Crippen LogP contribution is 2.56. The molecule has 0 unspecified atom stereocenters. The van der Waals surface area contributed by atoms with Gasteiger partial charge in [0.1, 0.15) is 0 Å². The maximum Gasteiger partial charge on any atom is 0.188 e. The van der Waals surface area contributed by atoms with Crippen molar-refractivity contribution in [1.82, 2.24) is 0 Å². The molecule has 2 heteroatoms. The van der Waals surface area contributed by atoms with Gasteiger partial charge in [0.05, 0.1) is 18.3 Å². The molecule has 1 N–H and O–H groups in total. The molecule has 0 saturated carbocycles. The fourth-order valence-electron chi connectivity index (χ4n) is 0.498. The molecular weight excluding hydrogens is 107 g/mol.